The van der Waals surface area contributed by atoms with Gasteiger partial charge in [-0.25, -0.2) is 4.98 Å². The maximum absolute atomic E-state index is 6.04. The molecule has 1 unspecified atom stereocenters. The van der Waals surface area contributed by atoms with Gasteiger partial charge in [0.15, 0.2) is 0 Å². The van der Waals surface area contributed by atoms with Crippen LogP contribution >= 0.6 is 0 Å². The number of anilines is 1. The van der Waals surface area contributed by atoms with E-state index in [4.69, 9.17) is 14.2 Å². The first kappa shape index (κ1) is 13.9. The van der Waals surface area contributed by atoms with E-state index in [1.807, 2.05) is 25.1 Å². The third kappa shape index (κ3) is 2.85. The summed E-state index contributed by atoms with van der Waals surface area (Å²) in [4.78, 5) is 8.85. The number of nitrogens with one attached hydrogen (secondary N) is 1. The first-order chi connectivity index (χ1) is 10.3. The molecule has 0 spiro atoms. The van der Waals surface area contributed by atoms with E-state index in [1.165, 1.54) is 0 Å². The summed E-state index contributed by atoms with van der Waals surface area (Å²) >= 11 is 0. The van der Waals surface area contributed by atoms with Crippen molar-refractivity contribution >= 4 is 16.9 Å². The Bertz CT molecular complexity index is 627. The molecular weight excluding hydrogens is 270 g/mol. The largest absolute Gasteiger partial charge is 0.487 e. The Kier molecular flexibility index (Phi) is 4.06. The molecule has 1 aromatic heterocycles. The Hall–Kier alpha value is -2.08. The van der Waals surface area contributed by atoms with E-state index in [2.05, 4.69) is 15.3 Å². The highest BCUT2D eigenvalue weighted by Crippen LogP contribution is 2.34. The molecule has 1 fully saturated rings. The topological polar surface area (TPSA) is 65.5 Å². The van der Waals surface area contributed by atoms with Crippen molar-refractivity contribution in [3.05, 3.63) is 18.2 Å². The van der Waals surface area contributed by atoms with E-state index in [1.54, 1.807) is 7.05 Å². The first-order valence-electron chi connectivity index (χ1n) is 7.17. The first-order valence-corrected chi connectivity index (χ1v) is 7.17. The van der Waals surface area contributed by atoms with Crippen LogP contribution in [-0.2, 0) is 4.74 Å². The quantitative estimate of drug-likeness (QED) is 0.910. The second kappa shape index (κ2) is 6.13. The van der Waals surface area contributed by atoms with Crippen molar-refractivity contribution in [2.75, 3.05) is 32.2 Å². The van der Waals surface area contributed by atoms with E-state index in [9.17, 15) is 0 Å². The molecule has 0 amide bonds. The molecule has 0 saturated carbocycles. The van der Waals surface area contributed by atoms with Crippen molar-refractivity contribution in [2.24, 2.45) is 0 Å². The highest BCUT2D eigenvalue weighted by Gasteiger charge is 2.20. The molecular formula is C15H19N3O3. The van der Waals surface area contributed by atoms with Gasteiger partial charge in [-0.2, -0.15) is 4.98 Å². The molecule has 0 radical (unpaired) electrons. The highest BCUT2D eigenvalue weighted by atomic mass is 16.5. The molecule has 0 aliphatic carbocycles. The van der Waals surface area contributed by atoms with Gasteiger partial charge in [-0.1, -0.05) is 6.07 Å². The number of ether oxygens (including phenoxy) is 3. The summed E-state index contributed by atoms with van der Waals surface area (Å²) in [7, 11) is 1.78. The highest BCUT2D eigenvalue weighted by molar-refractivity contribution is 5.90. The Morgan fingerprint density at radius 1 is 1.38 bits per heavy atom. The lowest BCUT2D eigenvalue weighted by Crippen LogP contribution is -2.16. The van der Waals surface area contributed by atoms with Gasteiger partial charge in [0.05, 0.1) is 25.3 Å². The molecule has 6 heteroatoms. The summed E-state index contributed by atoms with van der Waals surface area (Å²) in [5.74, 6) is 1.82. The van der Waals surface area contributed by atoms with E-state index in [0.717, 1.165) is 29.7 Å². The van der Waals surface area contributed by atoms with E-state index in [-0.39, 0.29) is 6.10 Å². The predicted octanol–water partition coefficient (Wildman–Crippen LogP) is 2.24. The van der Waals surface area contributed by atoms with Gasteiger partial charge in [0, 0.05) is 13.5 Å². The number of nitrogens with zero attached hydrogens (tertiary/aromatic N) is 2. The maximum Gasteiger partial charge on any atom is 0.230 e. The number of aromatic nitrogens is 2. The summed E-state index contributed by atoms with van der Waals surface area (Å²) in [6.07, 6.45) is 0.976. The number of fused-ring (bicyclic) bond motifs is 1. The standard InChI is InChI=1S/C15H19N3O3/c1-3-20-14-13-11(17-15(16-2)18-14)5-4-6-12(13)21-10-7-8-19-9-10/h4-6,10H,3,7-9H2,1-2H3,(H,16,17,18). The molecule has 1 aromatic carbocycles. The van der Waals surface area contributed by atoms with E-state index < -0.39 is 0 Å². The Balaban J connectivity index is 2.06. The van der Waals surface area contributed by atoms with Crippen molar-refractivity contribution in [1.29, 1.82) is 0 Å². The summed E-state index contributed by atoms with van der Waals surface area (Å²) in [5.41, 5.74) is 0.800. The zero-order chi connectivity index (χ0) is 14.7. The zero-order valence-electron chi connectivity index (χ0n) is 12.3. The third-order valence-electron chi connectivity index (χ3n) is 3.34. The molecule has 0 bridgehead atoms. The van der Waals surface area contributed by atoms with Crippen LogP contribution < -0.4 is 14.8 Å². The van der Waals surface area contributed by atoms with Crippen LogP contribution in [0.25, 0.3) is 10.9 Å². The fraction of sp³-hybridized carbons (Fsp3) is 0.467. The van der Waals surface area contributed by atoms with Crippen molar-refractivity contribution in [3.8, 4) is 11.6 Å². The van der Waals surface area contributed by atoms with E-state index >= 15 is 0 Å². The summed E-state index contributed by atoms with van der Waals surface area (Å²) in [6, 6.07) is 5.78. The van der Waals surface area contributed by atoms with Gasteiger partial charge in [0.1, 0.15) is 17.2 Å². The summed E-state index contributed by atoms with van der Waals surface area (Å²) in [6.45, 7) is 3.83. The predicted molar refractivity (Wildman–Crippen MR) is 80.1 cm³/mol. The van der Waals surface area contributed by atoms with Crippen molar-refractivity contribution in [3.63, 3.8) is 0 Å². The molecule has 2 aromatic rings. The van der Waals surface area contributed by atoms with Crippen molar-refractivity contribution < 1.29 is 14.2 Å². The van der Waals surface area contributed by atoms with Crippen LogP contribution in [0.1, 0.15) is 13.3 Å². The second-order valence-electron chi connectivity index (χ2n) is 4.79. The van der Waals surface area contributed by atoms with Crippen molar-refractivity contribution in [2.45, 2.75) is 19.4 Å². The summed E-state index contributed by atoms with van der Waals surface area (Å²) < 4.78 is 17.1. The van der Waals surface area contributed by atoms with Crippen LogP contribution in [0.4, 0.5) is 5.95 Å². The van der Waals surface area contributed by atoms with Gasteiger partial charge in [0.2, 0.25) is 11.8 Å². The molecule has 112 valence electrons. The average Bonchev–Trinajstić information content (AvgIpc) is 3.00. The lowest BCUT2D eigenvalue weighted by Gasteiger charge is -2.16. The van der Waals surface area contributed by atoms with Crippen LogP contribution in [0, 0.1) is 0 Å². The third-order valence-corrected chi connectivity index (χ3v) is 3.34. The van der Waals surface area contributed by atoms with Gasteiger partial charge in [-0.05, 0) is 19.1 Å². The van der Waals surface area contributed by atoms with Crippen LogP contribution in [0.3, 0.4) is 0 Å². The molecule has 2 heterocycles. The SMILES string of the molecule is CCOc1nc(NC)nc2cccc(OC3CCOC3)c12. The van der Waals surface area contributed by atoms with E-state index in [0.29, 0.717) is 25.0 Å². The smallest absolute Gasteiger partial charge is 0.230 e. The molecule has 1 N–H and O–H groups in total. The molecule has 3 rings (SSSR count). The van der Waals surface area contributed by atoms with Crippen molar-refractivity contribution in [1.82, 2.24) is 9.97 Å². The average molecular weight is 289 g/mol. The minimum Gasteiger partial charge on any atom is -0.487 e. The Morgan fingerprint density at radius 3 is 3.00 bits per heavy atom. The molecule has 21 heavy (non-hydrogen) atoms. The minimum absolute atomic E-state index is 0.0778. The van der Waals surface area contributed by atoms with Gasteiger partial charge in [0.25, 0.3) is 0 Å². The number of hydrogen-bond acceptors (Lipinski definition) is 6. The zero-order valence-corrected chi connectivity index (χ0v) is 12.3. The second-order valence-corrected chi connectivity index (χ2v) is 4.79. The van der Waals surface area contributed by atoms with Crippen LogP contribution in [0.2, 0.25) is 0 Å². The molecule has 1 atom stereocenters. The minimum atomic E-state index is 0.0778. The van der Waals surface area contributed by atoms with Gasteiger partial charge >= 0.3 is 0 Å². The fourth-order valence-electron chi connectivity index (χ4n) is 2.36. The monoisotopic (exact) mass is 289 g/mol. The molecule has 1 saturated heterocycles. The normalized spacial score (nSPS) is 17.9. The lowest BCUT2D eigenvalue weighted by molar-refractivity contribution is 0.142. The number of hydrogen-bond donors (Lipinski definition) is 1. The van der Waals surface area contributed by atoms with Gasteiger partial charge < -0.3 is 19.5 Å². The molecule has 1 aliphatic heterocycles. The fourth-order valence-corrected chi connectivity index (χ4v) is 2.36. The van der Waals surface area contributed by atoms with Crippen LogP contribution in [-0.4, -0.2) is 42.9 Å². The Labute approximate surface area is 123 Å². The van der Waals surface area contributed by atoms with Crippen LogP contribution in [0.15, 0.2) is 18.2 Å². The van der Waals surface area contributed by atoms with Gasteiger partial charge in [-0.15, -0.1) is 0 Å². The van der Waals surface area contributed by atoms with Crippen LogP contribution in [0.5, 0.6) is 11.6 Å². The molecule has 1 aliphatic rings. The maximum atomic E-state index is 6.04. The number of benzene rings is 1. The molecule has 6 nitrogen and oxygen atoms in total. The Morgan fingerprint density at radius 2 is 2.29 bits per heavy atom. The number of rotatable bonds is 5. The lowest BCUT2D eigenvalue weighted by atomic mass is 10.2. The van der Waals surface area contributed by atoms with Gasteiger partial charge in [-0.3, -0.25) is 0 Å². The summed E-state index contributed by atoms with van der Waals surface area (Å²) in [5, 5.41) is 3.76.